The number of nitrogens with zero attached hydrogens (tertiary/aromatic N) is 2. The third-order valence-corrected chi connectivity index (χ3v) is 4.45. The monoisotopic (exact) mass is 325 g/mol. The van der Waals surface area contributed by atoms with Crippen molar-refractivity contribution in [3.63, 3.8) is 0 Å². The van der Waals surface area contributed by atoms with Gasteiger partial charge >= 0.3 is 0 Å². The summed E-state index contributed by atoms with van der Waals surface area (Å²) in [4.78, 5) is 19.0. The molecule has 1 amide bonds. The van der Waals surface area contributed by atoms with Crippen LogP contribution in [-0.2, 0) is 19.4 Å². The first-order valence-corrected chi connectivity index (χ1v) is 8.23. The SMILES string of the molecule is COc1ccccc1CCNC(=O)c1cncc2c1CCN(C)C2. The standard InChI is InChI=1S/C19H23N3O2/c1-22-10-8-16-15(13-22)11-20-12-17(16)19(23)21-9-7-14-5-3-4-6-18(14)24-2/h3-6,11-12H,7-10,13H2,1-2H3,(H,21,23). The van der Waals surface area contributed by atoms with Crippen molar-refractivity contribution in [3.05, 3.63) is 58.9 Å². The zero-order valence-electron chi connectivity index (χ0n) is 14.2. The third-order valence-electron chi connectivity index (χ3n) is 4.45. The summed E-state index contributed by atoms with van der Waals surface area (Å²) in [6, 6.07) is 7.88. The second-order valence-electron chi connectivity index (χ2n) is 6.13. The number of para-hydroxylation sites is 1. The van der Waals surface area contributed by atoms with Gasteiger partial charge in [0.1, 0.15) is 5.75 Å². The van der Waals surface area contributed by atoms with Crippen molar-refractivity contribution in [1.82, 2.24) is 15.2 Å². The van der Waals surface area contributed by atoms with Crippen molar-refractivity contribution < 1.29 is 9.53 Å². The minimum Gasteiger partial charge on any atom is -0.496 e. The number of benzene rings is 1. The van der Waals surface area contributed by atoms with Gasteiger partial charge in [0.05, 0.1) is 12.7 Å². The number of nitrogens with one attached hydrogen (secondary N) is 1. The molecule has 0 fully saturated rings. The van der Waals surface area contributed by atoms with Crippen LogP contribution in [-0.4, -0.2) is 43.0 Å². The highest BCUT2D eigenvalue weighted by Gasteiger charge is 2.20. The van der Waals surface area contributed by atoms with Crippen molar-refractivity contribution in [3.8, 4) is 5.75 Å². The number of hydrogen-bond donors (Lipinski definition) is 1. The van der Waals surface area contributed by atoms with Crippen molar-refractivity contribution in [2.45, 2.75) is 19.4 Å². The van der Waals surface area contributed by atoms with Gasteiger partial charge in [0.25, 0.3) is 5.91 Å². The maximum Gasteiger partial charge on any atom is 0.253 e. The van der Waals surface area contributed by atoms with Gasteiger partial charge in [-0.25, -0.2) is 0 Å². The summed E-state index contributed by atoms with van der Waals surface area (Å²) in [5.74, 6) is 0.812. The smallest absolute Gasteiger partial charge is 0.253 e. The highest BCUT2D eigenvalue weighted by molar-refractivity contribution is 5.95. The number of methoxy groups -OCH3 is 1. The normalized spacial score (nSPS) is 14.1. The number of likely N-dealkylation sites (N-methyl/N-ethyl adjacent to an activating group) is 1. The molecule has 24 heavy (non-hydrogen) atoms. The Hall–Kier alpha value is -2.40. The van der Waals surface area contributed by atoms with Gasteiger partial charge in [-0.3, -0.25) is 9.78 Å². The molecule has 1 aliphatic rings. The summed E-state index contributed by atoms with van der Waals surface area (Å²) >= 11 is 0. The Kier molecular flexibility index (Phi) is 5.11. The molecule has 5 heteroatoms. The predicted molar refractivity (Wildman–Crippen MR) is 93.3 cm³/mol. The molecule has 0 aliphatic carbocycles. The van der Waals surface area contributed by atoms with Crippen LogP contribution in [0, 0.1) is 0 Å². The van der Waals surface area contributed by atoms with E-state index in [-0.39, 0.29) is 5.91 Å². The van der Waals surface area contributed by atoms with E-state index in [0.29, 0.717) is 12.1 Å². The van der Waals surface area contributed by atoms with E-state index in [4.69, 9.17) is 4.74 Å². The zero-order chi connectivity index (χ0) is 16.9. The van der Waals surface area contributed by atoms with Gasteiger partial charge < -0.3 is 15.0 Å². The summed E-state index contributed by atoms with van der Waals surface area (Å²) in [6.45, 7) is 2.39. The first-order valence-electron chi connectivity index (χ1n) is 8.23. The topological polar surface area (TPSA) is 54.5 Å². The Morgan fingerprint density at radius 1 is 1.33 bits per heavy atom. The number of pyridine rings is 1. The molecule has 2 heterocycles. The fourth-order valence-electron chi connectivity index (χ4n) is 3.15. The number of carbonyl (C=O) groups excluding carboxylic acids is 1. The van der Waals surface area contributed by atoms with E-state index in [1.54, 1.807) is 13.3 Å². The molecule has 0 spiro atoms. The van der Waals surface area contributed by atoms with Crippen molar-refractivity contribution >= 4 is 5.91 Å². The fourth-order valence-corrected chi connectivity index (χ4v) is 3.15. The molecule has 0 saturated heterocycles. The van der Waals surface area contributed by atoms with Crippen molar-refractivity contribution in [2.75, 3.05) is 27.2 Å². The number of rotatable bonds is 5. The largest absolute Gasteiger partial charge is 0.496 e. The van der Waals surface area contributed by atoms with Crippen LogP contribution in [0.4, 0.5) is 0 Å². The molecular weight excluding hydrogens is 302 g/mol. The van der Waals surface area contributed by atoms with E-state index < -0.39 is 0 Å². The van der Waals surface area contributed by atoms with Gasteiger partial charge in [0, 0.05) is 32.0 Å². The third kappa shape index (κ3) is 3.57. The lowest BCUT2D eigenvalue weighted by molar-refractivity contribution is 0.0952. The lowest BCUT2D eigenvalue weighted by atomic mass is 9.97. The molecule has 126 valence electrons. The predicted octanol–water partition coefficient (Wildman–Crippen LogP) is 2.05. The van der Waals surface area contributed by atoms with E-state index >= 15 is 0 Å². The first-order chi connectivity index (χ1) is 11.7. The van der Waals surface area contributed by atoms with Crippen LogP contribution in [0.3, 0.4) is 0 Å². The van der Waals surface area contributed by atoms with Crippen LogP contribution < -0.4 is 10.1 Å². The molecular formula is C19H23N3O2. The Morgan fingerprint density at radius 2 is 2.17 bits per heavy atom. The maximum atomic E-state index is 12.5. The van der Waals surface area contributed by atoms with Gasteiger partial charge in [-0.1, -0.05) is 18.2 Å². The number of aromatic nitrogens is 1. The highest BCUT2D eigenvalue weighted by atomic mass is 16.5. The lowest BCUT2D eigenvalue weighted by Crippen LogP contribution is -2.31. The van der Waals surface area contributed by atoms with E-state index in [1.165, 1.54) is 0 Å². The Labute approximate surface area is 142 Å². The molecule has 1 aromatic carbocycles. The molecule has 0 atom stereocenters. The fraction of sp³-hybridized carbons (Fsp3) is 0.368. The lowest BCUT2D eigenvalue weighted by Gasteiger charge is -2.26. The number of carbonyl (C=O) groups is 1. The van der Waals surface area contributed by atoms with E-state index in [2.05, 4.69) is 22.2 Å². The maximum absolute atomic E-state index is 12.5. The number of hydrogen-bond acceptors (Lipinski definition) is 4. The minimum atomic E-state index is -0.0428. The minimum absolute atomic E-state index is 0.0428. The second kappa shape index (κ2) is 7.45. The van der Waals surface area contributed by atoms with Crippen LogP contribution in [0.5, 0.6) is 5.75 Å². The summed E-state index contributed by atoms with van der Waals surface area (Å²) in [6.07, 6.45) is 5.18. The van der Waals surface area contributed by atoms with E-state index in [0.717, 1.165) is 48.4 Å². The van der Waals surface area contributed by atoms with Crippen LogP contribution in [0.2, 0.25) is 0 Å². The van der Waals surface area contributed by atoms with Gasteiger partial charge in [0.15, 0.2) is 0 Å². The second-order valence-corrected chi connectivity index (χ2v) is 6.13. The average molecular weight is 325 g/mol. The van der Waals surface area contributed by atoms with Gasteiger partial charge in [0.2, 0.25) is 0 Å². The first kappa shape index (κ1) is 16.5. The molecule has 0 unspecified atom stereocenters. The molecule has 3 rings (SSSR count). The van der Waals surface area contributed by atoms with Gasteiger partial charge in [-0.2, -0.15) is 0 Å². The summed E-state index contributed by atoms with van der Waals surface area (Å²) < 4.78 is 5.34. The van der Waals surface area contributed by atoms with Crippen molar-refractivity contribution in [1.29, 1.82) is 0 Å². The molecule has 1 aromatic heterocycles. The summed E-state index contributed by atoms with van der Waals surface area (Å²) in [5, 5.41) is 3.01. The average Bonchev–Trinajstić information content (AvgIpc) is 2.61. The molecule has 1 aliphatic heterocycles. The van der Waals surface area contributed by atoms with Gasteiger partial charge in [-0.05, 0) is 42.6 Å². The van der Waals surface area contributed by atoms with Crippen molar-refractivity contribution in [2.24, 2.45) is 0 Å². The molecule has 5 nitrogen and oxygen atoms in total. The summed E-state index contributed by atoms with van der Waals surface area (Å²) in [7, 11) is 3.75. The number of fused-ring (bicyclic) bond motifs is 1. The van der Waals surface area contributed by atoms with Crippen LogP contribution >= 0.6 is 0 Å². The molecule has 1 N–H and O–H groups in total. The number of amides is 1. The molecule has 0 radical (unpaired) electrons. The number of ether oxygens (including phenoxy) is 1. The quantitative estimate of drug-likeness (QED) is 0.914. The van der Waals surface area contributed by atoms with Crippen LogP contribution in [0.1, 0.15) is 27.0 Å². The molecule has 2 aromatic rings. The Balaban J connectivity index is 1.65. The van der Waals surface area contributed by atoms with Crippen LogP contribution in [0.15, 0.2) is 36.7 Å². The summed E-state index contributed by atoms with van der Waals surface area (Å²) in [5.41, 5.74) is 4.09. The van der Waals surface area contributed by atoms with E-state index in [9.17, 15) is 4.79 Å². The van der Waals surface area contributed by atoms with Gasteiger partial charge in [-0.15, -0.1) is 0 Å². The highest BCUT2D eigenvalue weighted by Crippen LogP contribution is 2.21. The Bertz CT molecular complexity index is 730. The van der Waals surface area contributed by atoms with Crippen LogP contribution in [0.25, 0.3) is 0 Å². The Morgan fingerprint density at radius 3 is 3.00 bits per heavy atom. The molecule has 0 saturated carbocycles. The molecule has 0 bridgehead atoms. The zero-order valence-corrected chi connectivity index (χ0v) is 14.2. The van der Waals surface area contributed by atoms with E-state index in [1.807, 2.05) is 30.5 Å².